The predicted octanol–water partition coefficient (Wildman–Crippen LogP) is 7.18. The molecule has 0 spiro atoms. The second-order valence-corrected chi connectivity index (χ2v) is 18.2. The van der Waals surface area contributed by atoms with Crippen LogP contribution in [0.4, 0.5) is 11.4 Å². The van der Waals surface area contributed by atoms with Crippen molar-refractivity contribution in [3.8, 4) is 5.75 Å². The van der Waals surface area contributed by atoms with Gasteiger partial charge in [-0.05, 0) is 68.3 Å². The lowest BCUT2D eigenvalue weighted by Gasteiger charge is -2.37. The number of carbonyl (C=O) groups excluding carboxylic acids is 1. The number of rotatable bonds is 7. The van der Waals surface area contributed by atoms with Gasteiger partial charge in [-0.15, -0.1) is 0 Å². The van der Waals surface area contributed by atoms with Crippen LogP contribution in [0.1, 0.15) is 33.6 Å². The molecule has 1 fully saturated rings. The molecule has 9 nitrogen and oxygen atoms in total. The Morgan fingerprint density at radius 1 is 1.08 bits per heavy atom. The van der Waals surface area contributed by atoms with E-state index < -0.39 is 35.1 Å². The zero-order valence-corrected chi connectivity index (χ0v) is 26.3. The fourth-order valence-corrected chi connectivity index (χ4v) is 6.61. The Morgan fingerprint density at radius 2 is 1.69 bits per heavy atom. The second-order valence-electron chi connectivity index (χ2n) is 10.7. The lowest BCUT2D eigenvalue weighted by molar-refractivity contribution is -0.124. The van der Waals surface area contributed by atoms with Gasteiger partial charge in [0.25, 0.3) is 18.3 Å². The Labute approximate surface area is 245 Å². The first-order valence-electron chi connectivity index (χ1n) is 12.1. The molecule has 2 aromatic carbocycles. The molecule has 3 rings (SSSR count). The number of halogens is 3. The van der Waals surface area contributed by atoms with E-state index in [-0.39, 0.29) is 52.5 Å². The summed E-state index contributed by atoms with van der Waals surface area (Å²) in [6, 6.07) is 10.3. The summed E-state index contributed by atoms with van der Waals surface area (Å²) in [6.07, 6.45) is 0.498. The van der Waals surface area contributed by atoms with Crippen LogP contribution in [-0.4, -0.2) is 46.8 Å². The number of piperidine rings is 1. The number of hydrogen-bond donors (Lipinski definition) is 1. The molecule has 0 bridgehead atoms. The average molecular weight is 633 g/mol. The van der Waals surface area contributed by atoms with E-state index in [9.17, 15) is 18.4 Å². The van der Waals surface area contributed by atoms with Crippen LogP contribution in [-0.2, 0) is 14.8 Å². The minimum Gasteiger partial charge on any atom is -0.785 e. The molecule has 0 aliphatic carbocycles. The van der Waals surface area contributed by atoms with E-state index in [2.05, 4.69) is 20.7 Å². The zero-order chi connectivity index (χ0) is 29.2. The normalized spacial score (nSPS) is 15.4. The number of aliphatic imine (C=N–C) groups is 2. The number of hydroxylamine groups is 2. The van der Waals surface area contributed by atoms with Crippen molar-refractivity contribution < 1.29 is 17.6 Å². The van der Waals surface area contributed by atoms with Crippen LogP contribution in [0.2, 0.25) is 33.2 Å². The van der Waals surface area contributed by atoms with Crippen LogP contribution in [0, 0.1) is 11.1 Å². The summed E-state index contributed by atoms with van der Waals surface area (Å²) in [4.78, 5) is 20.8. The number of sulfonamides is 1. The van der Waals surface area contributed by atoms with Crippen LogP contribution >= 0.6 is 34.8 Å². The van der Waals surface area contributed by atoms with E-state index in [1.807, 2.05) is 33.9 Å². The maximum Gasteiger partial charge on any atom is 0.269 e. The molecule has 0 unspecified atom stereocenters. The highest BCUT2D eigenvalue weighted by atomic mass is 35.5. The maximum atomic E-state index is 13.6. The molecule has 0 radical (unpaired) electrons. The summed E-state index contributed by atoms with van der Waals surface area (Å²) in [5.41, 5.74) is 0.414. The van der Waals surface area contributed by atoms with E-state index in [0.717, 1.165) is 5.06 Å². The van der Waals surface area contributed by atoms with E-state index in [0.29, 0.717) is 10.7 Å². The molecule has 39 heavy (non-hydrogen) atoms. The van der Waals surface area contributed by atoms with Gasteiger partial charge >= 0.3 is 0 Å². The standard InChI is InChI=1S/C25H30Cl3N4O5SSi/c1-25(2,3)39(4,5)37-22-20(30-15-29-19-8-6-7-17(26)21(19)28)10-9-18(27)23(22)38(35,36)31-24(33)16-11-13-32(34)14-12-16/h6-10,16H,11-14H2,1-5H3,(H,31,33)/q-1. The fraction of sp³-hybridized carbons (Fsp3) is 0.440. The second kappa shape index (κ2) is 12.3. The lowest BCUT2D eigenvalue weighted by Crippen LogP contribution is -2.45. The van der Waals surface area contributed by atoms with Gasteiger partial charge in [0.15, 0.2) is 5.75 Å². The average Bonchev–Trinajstić information content (AvgIpc) is 2.82. The largest absolute Gasteiger partial charge is 0.785 e. The van der Waals surface area contributed by atoms with Gasteiger partial charge in [-0.1, -0.05) is 61.6 Å². The Balaban J connectivity index is 2.10. The van der Waals surface area contributed by atoms with Crippen LogP contribution in [0.3, 0.4) is 0 Å². The molecule has 1 heterocycles. The molecule has 1 amide bonds. The molecule has 1 N–H and O–H groups in total. The van der Waals surface area contributed by atoms with Crippen LogP contribution < -0.4 is 9.15 Å². The van der Waals surface area contributed by atoms with Crippen molar-refractivity contribution in [1.29, 1.82) is 0 Å². The van der Waals surface area contributed by atoms with Gasteiger partial charge in [0, 0.05) is 5.92 Å². The third kappa shape index (κ3) is 7.62. The zero-order valence-electron chi connectivity index (χ0n) is 22.2. The number of nitrogens with zero attached hydrogens (tertiary/aromatic N) is 3. The van der Waals surface area contributed by atoms with Crippen LogP contribution in [0.15, 0.2) is 45.2 Å². The van der Waals surface area contributed by atoms with Crippen molar-refractivity contribution in [1.82, 2.24) is 9.79 Å². The number of amides is 1. The monoisotopic (exact) mass is 631 g/mol. The van der Waals surface area contributed by atoms with E-state index in [4.69, 9.17) is 39.2 Å². The topological polar surface area (TPSA) is 123 Å². The molecule has 212 valence electrons. The first-order valence-corrected chi connectivity index (χ1v) is 17.7. The van der Waals surface area contributed by atoms with Crippen molar-refractivity contribution in [2.75, 3.05) is 13.1 Å². The van der Waals surface area contributed by atoms with Crippen LogP contribution in [0.5, 0.6) is 5.75 Å². The number of hydrogen-bond acceptors (Lipinski definition) is 8. The smallest absolute Gasteiger partial charge is 0.269 e. The summed E-state index contributed by atoms with van der Waals surface area (Å²) < 4.78 is 35.7. The predicted molar refractivity (Wildman–Crippen MR) is 158 cm³/mol. The van der Waals surface area contributed by atoms with Gasteiger partial charge in [0.2, 0.25) is 5.91 Å². The van der Waals surface area contributed by atoms with E-state index in [1.165, 1.54) is 12.1 Å². The van der Waals surface area contributed by atoms with E-state index >= 15 is 0 Å². The molecule has 1 aliphatic heterocycles. The van der Waals surface area contributed by atoms with Crippen LogP contribution in [0.25, 0.3) is 0 Å². The molecule has 0 atom stereocenters. The minimum absolute atomic E-state index is 0.0959. The highest BCUT2D eigenvalue weighted by Crippen LogP contribution is 2.45. The molecule has 0 saturated carbocycles. The van der Waals surface area contributed by atoms with Gasteiger partial charge in [-0.3, -0.25) is 4.79 Å². The van der Waals surface area contributed by atoms with Gasteiger partial charge in [-0.2, -0.15) is 9.98 Å². The lowest BCUT2D eigenvalue weighted by atomic mass is 9.97. The molecule has 1 aliphatic rings. The minimum atomic E-state index is -4.50. The van der Waals surface area contributed by atoms with E-state index in [1.54, 1.807) is 18.2 Å². The first-order chi connectivity index (χ1) is 18.0. The third-order valence-electron chi connectivity index (χ3n) is 6.81. The Morgan fingerprint density at radius 3 is 2.31 bits per heavy atom. The Kier molecular flexibility index (Phi) is 9.94. The molecule has 0 aromatic heterocycles. The number of carbonyl (C=O) groups is 1. The van der Waals surface area contributed by atoms with Gasteiger partial charge < -0.3 is 14.7 Å². The fourth-order valence-electron chi connectivity index (χ4n) is 3.47. The summed E-state index contributed by atoms with van der Waals surface area (Å²) in [5.74, 6) is -1.43. The molecule has 14 heteroatoms. The van der Waals surface area contributed by atoms with Gasteiger partial charge in [-0.25, -0.2) is 13.1 Å². The Hall–Kier alpha value is -1.95. The number of benzene rings is 2. The molecular formula is C25H30Cl3N4O5SSi-. The molecular weight excluding hydrogens is 603 g/mol. The van der Waals surface area contributed by atoms with Crippen molar-refractivity contribution in [3.05, 3.63) is 50.6 Å². The van der Waals surface area contributed by atoms with Crippen molar-refractivity contribution in [2.24, 2.45) is 15.9 Å². The van der Waals surface area contributed by atoms with Gasteiger partial charge in [0.05, 0.1) is 20.8 Å². The van der Waals surface area contributed by atoms with Gasteiger partial charge in [0.1, 0.15) is 16.6 Å². The molecule has 2 aromatic rings. The highest BCUT2D eigenvalue weighted by molar-refractivity contribution is 7.90. The first kappa shape index (κ1) is 31.6. The van der Waals surface area contributed by atoms with Crippen molar-refractivity contribution in [3.63, 3.8) is 0 Å². The summed E-state index contributed by atoms with van der Waals surface area (Å²) >= 11 is 18.7. The third-order valence-corrected chi connectivity index (χ3v) is 13.8. The number of nitrogens with one attached hydrogen (secondary N) is 1. The SMILES string of the molecule is CC(C)(C)[Si](C)(C)Oc1c(N=C=Nc2cccc(Cl)c2Cl)ccc(Cl)c1S(=O)(=O)NC(=O)C1CCN([O-])CC1. The van der Waals surface area contributed by atoms with Crippen molar-refractivity contribution >= 4 is 76.4 Å². The summed E-state index contributed by atoms with van der Waals surface area (Å²) in [7, 11) is -7.14. The van der Waals surface area contributed by atoms with Crippen molar-refractivity contribution in [2.45, 2.75) is 56.6 Å². The highest BCUT2D eigenvalue weighted by Gasteiger charge is 2.41. The maximum absolute atomic E-state index is 13.6. The molecule has 1 saturated heterocycles. The summed E-state index contributed by atoms with van der Waals surface area (Å²) in [5, 5.41) is 12.4. The summed E-state index contributed by atoms with van der Waals surface area (Å²) in [6.45, 7) is 10.2. The quantitative estimate of drug-likeness (QED) is 0.255. The Bertz CT molecular complexity index is 1420.